The zero-order chi connectivity index (χ0) is 22.0. The molecule has 0 spiro atoms. The van der Waals surface area contributed by atoms with Crippen molar-refractivity contribution in [1.82, 2.24) is 14.8 Å². The second-order valence-electron chi connectivity index (χ2n) is 6.84. The first-order valence-corrected chi connectivity index (χ1v) is 10.2. The second-order valence-corrected chi connectivity index (χ2v) is 7.71. The zero-order valence-corrected chi connectivity index (χ0v) is 17.9. The largest absolute Gasteiger partial charge is 0.309 e. The van der Waals surface area contributed by atoms with Gasteiger partial charge in [-0.1, -0.05) is 23.7 Å². The number of aromatic nitrogens is 3. The van der Waals surface area contributed by atoms with Gasteiger partial charge in [0, 0.05) is 30.0 Å². The Bertz CT molecular complexity index is 1210. The number of amides is 1. The highest BCUT2D eigenvalue weighted by atomic mass is 35.5. The third-order valence-corrected chi connectivity index (χ3v) is 5.47. The fourth-order valence-corrected chi connectivity index (χ4v) is 3.56. The summed E-state index contributed by atoms with van der Waals surface area (Å²) in [7, 11) is 1.72. The van der Waals surface area contributed by atoms with E-state index in [1.54, 1.807) is 60.5 Å². The van der Waals surface area contributed by atoms with Gasteiger partial charge in [0.05, 0.1) is 5.56 Å². The van der Waals surface area contributed by atoms with E-state index >= 15 is 0 Å². The van der Waals surface area contributed by atoms with E-state index in [1.807, 2.05) is 12.1 Å². The van der Waals surface area contributed by atoms with Gasteiger partial charge < -0.3 is 5.32 Å². The molecule has 0 aliphatic rings. The van der Waals surface area contributed by atoms with Crippen LogP contribution in [0.1, 0.15) is 10.9 Å². The molecule has 2 heterocycles. The highest BCUT2D eigenvalue weighted by Crippen LogP contribution is 2.38. The van der Waals surface area contributed by atoms with Gasteiger partial charge in [-0.25, -0.2) is 4.39 Å². The van der Waals surface area contributed by atoms with Gasteiger partial charge in [0.25, 0.3) is 0 Å². The Kier molecular flexibility index (Phi) is 6.02. The van der Waals surface area contributed by atoms with Crippen LogP contribution in [0.5, 0.6) is 0 Å². The number of halogens is 3. The topological polar surface area (TPSA) is 59.8 Å². The molecule has 0 saturated carbocycles. The quantitative estimate of drug-likeness (QED) is 0.384. The first kappa shape index (κ1) is 21.0. The van der Waals surface area contributed by atoms with Crippen LogP contribution in [0.3, 0.4) is 0 Å². The molecule has 0 bridgehead atoms. The van der Waals surface area contributed by atoms with Gasteiger partial charge in [0.1, 0.15) is 22.7 Å². The lowest BCUT2D eigenvalue weighted by Gasteiger charge is -2.13. The Labute approximate surface area is 188 Å². The number of hydrogen-bond donors (Lipinski definition) is 1. The summed E-state index contributed by atoms with van der Waals surface area (Å²) in [5.74, 6) is -0.283. The molecule has 4 aromatic rings. The summed E-state index contributed by atoms with van der Waals surface area (Å²) in [6, 6.07) is 16.4. The lowest BCUT2D eigenvalue weighted by atomic mass is 10.0. The summed E-state index contributed by atoms with van der Waals surface area (Å²) in [6.07, 6.45) is 3.31. The van der Waals surface area contributed by atoms with Crippen molar-refractivity contribution in [3.63, 3.8) is 0 Å². The third kappa shape index (κ3) is 4.45. The minimum Gasteiger partial charge on any atom is -0.309 e. The average Bonchev–Trinajstić information content (AvgIpc) is 3.10. The van der Waals surface area contributed by atoms with Crippen LogP contribution in [-0.2, 0) is 11.8 Å². The zero-order valence-electron chi connectivity index (χ0n) is 16.4. The molecule has 0 fully saturated rings. The van der Waals surface area contributed by atoms with Crippen molar-refractivity contribution in [2.75, 3.05) is 5.32 Å². The number of rotatable bonds is 5. The lowest BCUT2D eigenvalue weighted by molar-refractivity contribution is -0.116. The predicted molar refractivity (Wildman–Crippen MR) is 121 cm³/mol. The maximum Gasteiger partial charge on any atom is 0.248 e. The van der Waals surface area contributed by atoms with Crippen LogP contribution < -0.4 is 5.32 Å². The van der Waals surface area contributed by atoms with Gasteiger partial charge in [0.15, 0.2) is 0 Å². The standard InChI is InChI=1S/C23H17Cl2FN4O/c1-30-22(28-23(31)20(25)15-2-6-17(24)7-3-15)19(14-10-12-27-13-11-14)21(29-30)16-4-8-18(26)9-5-16/h2-13,20H,1H3,(H,28,31). The van der Waals surface area contributed by atoms with E-state index in [4.69, 9.17) is 23.2 Å². The van der Waals surface area contributed by atoms with E-state index in [2.05, 4.69) is 15.4 Å². The molecule has 0 aliphatic carbocycles. The maximum absolute atomic E-state index is 13.4. The van der Waals surface area contributed by atoms with Gasteiger partial charge in [-0.2, -0.15) is 5.10 Å². The Morgan fingerprint density at radius 2 is 1.65 bits per heavy atom. The van der Waals surface area contributed by atoms with Gasteiger partial charge in [-0.05, 0) is 59.7 Å². The number of nitrogens with zero attached hydrogens (tertiary/aromatic N) is 3. The number of aryl methyl sites for hydroxylation is 1. The molecule has 2 aromatic carbocycles. The van der Waals surface area contributed by atoms with E-state index < -0.39 is 11.3 Å². The SMILES string of the molecule is Cn1nc(-c2ccc(F)cc2)c(-c2ccncc2)c1NC(=O)C(Cl)c1ccc(Cl)cc1. The van der Waals surface area contributed by atoms with Crippen LogP contribution in [-0.4, -0.2) is 20.7 Å². The molecule has 0 radical (unpaired) electrons. The number of carbonyl (C=O) groups excluding carboxylic acids is 1. The van der Waals surface area contributed by atoms with Crippen molar-refractivity contribution in [2.24, 2.45) is 7.05 Å². The second kappa shape index (κ2) is 8.88. The molecule has 31 heavy (non-hydrogen) atoms. The molecular weight excluding hydrogens is 438 g/mol. The smallest absolute Gasteiger partial charge is 0.248 e. The van der Waals surface area contributed by atoms with E-state index in [1.165, 1.54) is 12.1 Å². The number of pyridine rings is 1. The Hall–Kier alpha value is -3.22. The molecule has 5 nitrogen and oxygen atoms in total. The number of anilines is 1. The number of carbonyl (C=O) groups is 1. The van der Waals surface area contributed by atoms with Crippen LogP contribution in [0.4, 0.5) is 10.2 Å². The van der Waals surface area contributed by atoms with Gasteiger partial charge in [0.2, 0.25) is 5.91 Å². The molecule has 4 rings (SSSR count). The van der Waals surface area contributed by atoms with Crippen molar-refractivity contribution >= 4 is 34.9 Å². The van der Waals surface area contributed by atoms with Crippen LogP contribution in [0.15, 0.2) is 73.1 Å². The summed E-state index contributed by atoms with van der Waals surface area (Å²) in [5.41, 5.74) is 3.42. The first-order valence-electron chi connectivity index (χ1n) is 9.38. The summed E-state index contributed by atoms with van der Waals surface area (Å²) in [4.78, 5) is 17.0. The molecule has 2 aromatic heterocycles. The minimum atomic E-state index is -0.924. The molecule has 0 saturated heterocycles. The van der Waals surface area contributed by atoms with Gasteiger partial charge >= 0.3 is 0 Å². The van der Waals surface area contributed by atoms with E-state index in [-0.39, 0.29) is 5.82 Å². The highest BCUT2D eigenvalue weighted by Gasteiger charge is 2.24. The highest BCUT2D eigenvalue weighted by molar-refractivity contribution is 6.33. The predicted octanol–water partition coefficient (Wildman–Crippen LogP) is 5.86. The fourth-order valence-electron chi connectivity index (χ4n) is 3.23. The van der Waals surface area contributed by atoms with Crippen LogP contribution in [0.2, 0.25) is 5.02 Å². The number of hydrogen-bond acceptors (Lipinski definition) is 3. The first-order chi connectivity index (χ1) is 14.9. The number of nitrogens with one attached hydrogen (secondary N) is 1. The third-order valence-electron chi connectivity index (χ3n) is 4.77. The minimum absolute atomic E-state index is 0.341. The van der Waals surface area contributed by atoms with Crippen LogP contribution >= 0.6 is 23.2 Å². The fraction of sp³-hybridized carbons (Fsp3) is 0.0870. The van der Waals surface area contributed by atoms with Crippen molar-refractivity contribution in [1.29, 1.82) is 0 Å². The van der Waals surface area contributed by atoms with Crippen LogP contribution in [0.25, 0.3) is 22.4 Å². The Balaban J connectivity index is 1.76. The summed E-state index contributed by atoms with van der Waals surface area (Å²) < 4.78 is 15.0. The van der Waals surface area contributed by atoms with Gasteiger partial charge in [-0.15, -0.1) is 11.6 Å². The molecule has 8 heteroatoms. The molecule has 1 amide bonds. The molecule has 1 N–H and O–H groups in total. The van der Waals surface area contributed by atoms with E-state index in [0.29, 0.717) is 33.2 Å². The number of benzene rings is 2. The summed E-state index contributed by atoms with van der Waals surface area (Å²) in [5, 5.41) is 7.11. The molecule has 0 aliphatic heterocycles. The van der Waals surface area contributed by atoms with Crippen molar-refractivity contribution in [3.8, 4) is 22.4 Å². The molecule has 1 unspecified atom stereocenters. The lowest BCUT2D eigenvalue weighted by Crippen LogP contribution is -2.19. The van der Waals surface area contributed by atoms with Crippen molar-refractivity contribution < 1.29 is 9.18 Å². The maximum atomic E-state index is 13.4. The van der Waals surface area contributed by atoms with Crippen molar-refractivity contribution in [2.45, 2.75) is 5.38 Å². The van der Waals surface area contributed by atoms with Crippen molar-refractivity contribution in [3.05, 3.63) is 89.5 Å². The monoisotopic (exact) mass is 454 g/mol. The van der Waals surface area contributed by atoms with E-state index in [9.17, 15) is 9.18 Å². The number of alkyl halides is 1. The van der Waals surface area contributed by atoms with E-state index in [0.717, 1.165) is 5.56 Å². The van der Waals surface area contributed by atoms with Crippen LogP contribution in [0, 0.1) is 5.82 Å². The Morgan fingerprint density at radius 3 is 2.29 bits per heavy atom. The Morgan fingerprint density at radius 1 is 1.00 bits per heavy atom. The molecular formula is C23H17Cl2FN4O. The van der Waals surface area contributed by atoms with Gasteiger partial charge in [-0.3, -0.25) is 14.5 Å². The normalized spacial score (nSPS) is 11.9. The summed E-state index contributed by atoms with van der Waals surface area (Å²) >= 11 is 12.3. The molecule has 1 atom stereocenters. The summed E-state index contributed by atoms with van der Waals surface area (Å²) in [6.45, 7) is 0. The molecule has 156 valence electrons. The average molecular weight is 455 g/mol.